The van der Waals surface area contributed by atoms with Gasteiger partial charge in [-0.3, -0.25) is 4.79 Å². The Morgan fingerprint density at radius 3 is 3.00 bits per heavy atom. The summed E-state index contributed by atoms with van der Waals surface area (Å²) in [6.07, 6.45) is 4.33. The van der Waals surface area contributed by atoms with E-state index in [-0.39, 0.29) is 0 Å². The fourth-order valence-electron chi connectivity index (χ4n) is 2.13. The number of amides is 1. The van der Waals surface area contributed by atoms with Gasteiger partial charge in [0.1, 0.15) is 0 Å². The first-order valence-corrected chi connectivity index (χ1v) is 7.18. The molecule has 0 fully saturated rings. The monoisotopic (exact) mass is 323 g/mol. The summed E-state index contributed by atoms with van der Waals surface area (Å²) in [5.74, 6) is -0.406. The number of anilines is 1. The standard InChI is InChI=1S/C14H18BrN3O/c15-11-1-2-12(14(16)19)13(9-11)18-8-5-10-3-6-17-7-4-10/h1-3,9,17-18H,4-8H2,(H2,16,19). The van der Waals surface area contributed by atoms with Gasteiger partial charge in [-0.1, -0.05) is 27.6 Å². The molecule has 1 amide bonds. The van der Waals surface area contributed by atoms with E-state index in [0.29, 0.717) is 5.56 Å². The lowest BCUT2D eigenvalue weighted by Crippen LogP contribution is -2.21. The quantitative estimate of drug-likeness (QED) is 0.728. The third-order valence-electron chi connectivity index (χ3n) is 3.17. The van der Waals surface area contributed by atoms with E-state index in [9.17, 15) is 4.79 Å². The van der Waals surface area contributed by atoms with E-state index in [1.807, 2.05) is 12.1 Å². The third-order valence-corrected chi connectivity index (χ3v) is 3.66. The second kappa shape index (κ2) is 6.73. The Labute approximate surface area is 121 Å². The van der Waals surface area contributed by atoms with Crippen molar-refractivity contribution >= 4 is 27.5 Å². The molecule has 1 aliphatic rings. The summed E-state index contributed by atoms with van der Waals surface area (Å²) in [7, 11) is 0. The number of nitrogens with two attached hydrogens (primary N) is 1. The zero-order chi connectivity index (χ0) is 13.7. The van der Waals surface area contributed by atoms with Crippen LogP contribution in [0.4, 0.5) is 5.69 Å². The van der Waals surface area contributed by atoms with E-state index >= 15 is 0 Å². The zero-order valence-corrected chi connectivity index (χ0v) is 12.3. The van der Waals surface area contributed by atoms with Crippen LogP contribution in [0.25, 0.3) is 0 Å². The number of benzene rings is 1. The highest BCUT2D eigenvalue weighted by atomic mass is 79.9. The molecule has 1 aliphatic heterocycles. The highest BCUT2D eigenvalue weighted by molar-refractivity contribution is 9.10. The summed E-state index contributed by atoms with van der Waals surface area (Å²) in [5.41, 5.74) is 8.14. The van der Waals surface area contributed by atoms with Gasteiger partial charge < -0.3 is 16.4 Å². The molecule has 0 atom stereocenters. The Balaban J connectivity index is 1.96. The topological polar surface area (TPSA) is 67.2 Å². The van der Waals surface area contributed by atoms with Crippen LogP contribution in [0.1, 0.15) is 23.2 Å². The van der Waals surface area contributed by atoms with Crippen LogP contribution in [0, 0.1) is 0 Å². The van der Waals surface area contributed by atoms with E-state index < -0.39 is 5.91 Å². The Morgan fingerprint density at radius 2 is 2.32 bits per heavy atom. The maximum absolute atomic E-state index is 11.3. The number of carbonyl (C=O) groups is 1. The molecule has 0 bridgehead atoms. The average molecular weight is 324 g/mol. The van der Waals surface area contributed by atoms with Crippen LogP contribution < -0.4 is 16.4 Å². The highest BCUT2D eigenvalue weighted by Gasteiger charge is 2.09. The normalized spacial score (nSPS) is 14.9. The molecule has 0 aromatic heterocycles. The fourth-order valence-corrected chi connectivity index (χ4v) is 2.49. The minimum absolute atomic E-state index is 0.406. The van der Waals surface area contributed by atoms with Crippen molar-refractivity contribution in [2.24, 2.45) is 5.73 Å². The predicted molar refractivity (Wildman–Crippen MR) is 81.3 cm³/mol. The summed E-state index contributed by atoms with van der Waals surface area (Å²) >= 11 is 3.40. The van der Waals surface area contributed by atoms with Crippen LogP contribution in [0.2, 0.25) is 0 Å². The molecule has 1 aromatic carbocycles. The predicted octanol–water partition coefficient (Wildman–Crippen LogP) is 2.27. The van der Waals surface area contributed by atoms with Crippen LogP contribution >= 0.6 is 15.9 Å². The molecular weight excluding hydrogens is 306 g/mol. The van der Waals surface area contributed by atoms with Crippen molar-refractivity contribution in [2.45, 2.75) is 12.8 Å². The van der Waals surface area contributed by atoms with Gasteiger partial charge in [-0.25, -0.2) is 0 Å². The van der Waals surface area contributed by atoms with Gasteiger partial charge in [0.15, 0.2) is 0 Å². The van der Waals surface area contributed by atoms with Crippen LogP contribution in [0.15, 0.2) is 34.3 Å². The summed E-state index contributed by atoms with van der Waals surface area (Å²) in [6.45, 7) is 2.82. The number of rotatable bonds is 5. The van der Waals surface area contributed by atoms with E-state index in [1.54, 1.807) is 6.07 Å². The minimum atomic E-state index is -0.406. The smallest absolute Gasteiger partial charge is 0.250 e. The third kappa shape index (κ3) is 4.08. The number of carbonyl (C=O) groups excluding carboxylic acids is 1. The Bertz CT molecular complexity index is 499. The second-order valence-corrected chi connectivity index (χ2v) is 5.46. The largest absolute Gasteiger partial charge is 0.384 e. The molecular formula is C14H18BrN3O. The van der Waals surface area contributed by atoms with Gasteiger partial charge >= 0.3 is 0 Å². The molecule has 4 N–H and O–H groups in total. The summed E-state index contributed by atoms with van der Waals surface area (Å²) in [5, 5.41) is 6.58. The molecule has 0 saturated carbocycles. The van der Waals surface area contributed by atoms with E-state index in [1.165, 1.54) is 5.57 Å². The van der Waals surface area contributed by atoms with Gasteiger partial charge in [0.2, 0.25) is 0 Å². The Hall–Kier alpha value is -1.33. The van der Waals surface area contributed by atoms with Gasteiger partial charge in [-0.15, -0.1) is 0 Å². The van der Waals surface area contributed by atoms with Gasteiger partial charge in [0, 0.05) is 23.2 Å². The molecule has 0 spiro atoms. The molecule has 0 saturated heterocycles. The lowest BCUT2D eigenvalue weighted by Gasteiger charge is -2.15. The molecule has 1 heterocycles. The molecule has 0 radical (unpaired) electrons. The first kappa shape index (κ1) is 14.1. The van der Waals surface area contributed by atoms with Gasteiger partial charge in [-0.05, 0) is 37.6 Å². The number of halogens is 1. The molecule has 0 aliphatic carbocycles. The molecule has 4 nitrogen and oxygen atoms in total. The molecule has 0 unspecified atom stereocenters. The lowest BCUT2D eigenvalue weighted by molar-refractivity contribution is 0.100. The molecule has 19 heavy (non-hydrogen) atoms. The second-order valence-electron chi connectivity index (χ2n) is 4.55. The number of primary amides is 1. The van der Waals surface area contributed by atoms with Crippen molar-refractivity contribution in [3.63, 3.8) is 0 Å². The molecule has 2 rings (SSSR count). The first-order valence-electron chi connectivity index (χ1n) is 6.38. The van der Waals surface area contributed by atoms with Gasteiger partial charge in [-0.2, -0.15) is 0 Å². The summed E-state index contributed by atoms with van der Waals surface area (Å²) in [6, 6.07) is 5.44. The van der Waals surface area contributed by atoms with Crippen molar-refractivity contribution in [3.05, 3.63) is 39.9 Å². The lowest BCUT2D eigenvalue weighted by atomic mass is 10.1. The number of hydrogen-bond acceptors (Lipinski definition) is 3. The van der Waals surface area contributed by atoms with Crippen LogP contribution in [-0.4, -0.2) is 25.5 Å². The average Bonchev–Trinajstić information content (AvgIpc) is 2.39. The van der Waals surface area contributed by atoms with Crippen LogP contribution in [0.5, 0.6) is 0 Å². The zero-order valence-electron chi connectivity index (χ0n) is 10.7. The van der Waals surface area contributed by atoms with Crippen molar-refractivity contribution in [3.8, 4) is 0 Å². The summed E-state index contributed by atoms with van der Waals surface area (Å²) in [4.78, 5) is 11.3. The Kier molecular flexibility index (Phi) is 4.99. The maximum atomic E-state index is 11.3. The van der Waals surface area contributed by atoms with Crippen LogP contribution in [0.3, 0.4) is 0 Å². The van der Waals surface area contributed by atoms with Crippen molar-refractivity contribution in [1.29, 1.82) is 0 Å². The van der Waals surface area contributed by atoms with Crippen molar-refractivity contribution in [2.75, 3.05) is 25.0 Å². The van der Waals surface area contributed by atoms with E-state index in [0.717, 1.165) is 42.6 Å². The summed E-state index contributed by atoms with van der Waals surface area (Å²) < 4.78 is 0.932. The molecule has 102 valence electrons. The molecule has 5 heteroatoms. The highest BCUT2D eigenvalue weighted by Crippen LogP contribution is 2.21. The number of nitrogens with one attached hydrogen (secondary N) is 2. The van der Waals surface area contributed by atoms with E-state index in [4.69, 9.17) is 5.73 Å². The van der Waals surface area contributed by atoms with E-state index in [2.05, 4.69) is 32.6 Å². The minimum Gasteiger partial charge on any atom is -0.384 e. The van der Waals surface area contributed by atoms with Crippen molar-refractivity contribution in [1.82, 2.24) is 5.32 Å². The van der Waals surface area contributed by atoms with Gasteiger partial charge in [0.05, 0.1) is 5.56 Å². The molecule has 1 aromatic rings. The number of hydrogen-bond donors (Lipinski definition) is 3. The van der Waals surface area contributed by atoms with Crippen LogP contribution in [-0.2, 0) is 0 Å². The first-order chi connectivity index (χ1) is 9.16. The maximum Gasteiger partial charge on any atom is 0.250 e. The van der Waals surface area contributed by atoms with Gasteiger partial charge in [0.25, 0.3) is 5.91 Å². The SMILES string of the molecule is NC(=O)c1ccc(Br)cc1NCCC1=CCNCC1. The van der Waals surface area contributed by atoms with Crippen molar-refractivity contribution < 1.29 is 4.79 Å². The fraction of sp³-hybridized carbons (Fsp3) is 0.357. The Morgan fingerprint density at radius 1 is 1.47 bits per heavy atom.